The smallest absolute Gasteiger partial charge is 0.267 e. The van der Waals surface area contributed by atoms with E-state index >= 15 is 0 Å². The van der Waals surface area contributed by atoms with E-state index in [4.69, 9.17) is 11.6 Å². The molecule has 1 N–H and O–H groups in total. The molecule has 0 aromatic heterocycles. The van der Waals surface area contributed by atoms with E-state index in [-0.39, 0.29) is 5.91 Å². The van der Waals surface area contributed by atoms with Gasteiger partial charge in [0.05, 0.1) is 6.21 Å². The van der Waals surface area contributed by atoms with Crippen molar-refractivity contribution in [1.29, 1.82) is 0 Å². The third-order valence-electron chi connectivity index (χ3n) is 3.85. The number of rotatable bonds is 7. The number of halogens is 1. The maximum Gasteiger partial charge on any atom is 0.271 e. The summed E-state index contributed by atoms with van der Waals surface area (Å²) in [5, 5.41) is 4.65. The largest absolute Gasteiger partial charge is 0.271 e. The summed E-state index contributed by atoms with van der Waals surface area (Å²) in [7, 11) is 0. The SMILES string of the molecule is O=C(N/N=C\c1ccc(Cl)cc1)c1ccc(CSCc2ccccc2)cc1. The van der Waals surface area contributed by atoms with Crippen molar-refractivity contribution in [3.8, 4) is 0 Å². The maximum absolute atomic E-state index is 12.1. The molecule has 0 aliphatic heterocycles. The second-order valence-corrected chi connectivity index (χ2v) is 7.35. The molecule has 5 heteroatoms. The highest BCUT2D eigenvalue weighted by Crippen LogP contribution is 2.18. The molecule has 0 atom stereocenters. The van der Waals surface area contributed by atoms with E-state index in [1.54, 1.807) is 18.3 Å². The third kappa shape index (κ3) is 6.27. The van der Waals surface area contributed by atoms with Crippen LogP contribution in [0.3, 0.4) is 0 Å². The van der Waals surface area contributed by atoms with Crippen LogP contribution in [0.25, 0.3) is 0 Å². The zero-order valence-corrected chi connectivity index (χ0v) is 16.2. The Morgan fingerprint density at radius 2 is 1.52 bits per heavy atom. The van der Waals surface area contributed by atoms with Crippen LogP contribution in [0.4, 0.5) is 0 Å². The number of nitrogens with one attached hydrogen (secondary N) is 1. The van der Waals surface area contributed by atoms with Gasteiger partial charge in [-0.15, -0.1) is 0 Å². The quantitative estimate of drug-likeness (QED) is 0.422. The molecule has 0 aliphatic carbocycles. The van der Waals surface area contributed by atoms with E-state index in [2.05, 4.69) is 34.8 Å². The van der Waals surface area contributed by atoms with Crippen LogP contribution >= 0.6 is 23.4 Å². The average molecular weight is 395 g/mol. The second-order valence-electron chi connectivity index (χ2n) is 5.93. The number of benzene rings is 3. The number of nitrogens with zero attached hydrogens (tertiary/aromatic N) is 1. The highest BCUT2D eigenvalue weighted by atomic mass is 35.5. The minimum Gasteiger partial charge on any atom is -0.267 e. The van der Waals surface area contributed by atoms with Crippen molar-refractivity contribution in [2.45, 2.75) is 11.5 Å². The topological polar surface area (TPSA) is 41.5 Å². The predicted molar refractivity (Wildman–Crippen MR) is 114 cm³/mol. The Morgan fingerprint density at radius 1 is 0.889 bits per heavy atom. The van der Waals surface area contributed by atoms with Gasteiger partial charge in [-0.3, -0.25) is 4.79 Å². The first kappa shape index (κ1) is 19.2. The van der Waals surface area contributed by atoms with Gasteiger partial charge in [-0.25, -0.2) is 5.43 Å². The van der Waals surface area contributed by atoms with Gasteiger partial charge in [-0.1, -0.05) is 66.2 Å². The molecule has 0 heterocycles. The highest BCUT2D eigenvalue weighted by Gasteiger charge is 2.04. The summed E-state index contributed by atoms with van der Waals surface area (Å²) in [6.45, 7) is 0. The van der Waals surface area contributed by atoms with Gasteiger partial charge in [0, 0.05) is 22.1 Å². The van der Waals surface area contributed by atoms with Crippen LogP contribution in [0.15, 0.2) is 84.0 Å². The van der Waals surface area contributed by atoms with Crippen molar-refractivity contribution in [1.82, 2.24) is 5.43 Å². The fraction of sp³-hybridized carbons (Fsp3) is 0.0909. The van der Waals surface area contributed by atoms with Gasteiger partial charge in [-0.05, 0) is 41.0 Å². The second kappa shape index (κ2) is 9.95. The molecule has 0 fully saturated rings. The summed E-state index contributed by atoms with van der Waals surface area (Å²) in [4.78, 5) is 12.1. The standard InChI is InChI=1S/C22H19ClN2OS/c23-21-12-8-17(9-13-21)14-24-25-22(26)20-10-6-19(7-11-20)16-27-15-18-4-2-1-3-5-18/h1-14H,15-16H2,(H,25,26)/b24-14-. The van der Waals surface area contributed by atoms with Crippen molar-refractivity contribution in [3.63, 3.8) is 0 Å². The molecule has 3 aromatic rings. The summed E-state index contributed by atoms with van der Waals surface area (Å²) >= 11 is 7.69. The molecular formula is C22H19ClN2OS. The minimum absolute atomic E-state index is 0.233. The predicted octanol–water partition coefficient (Wildman–Crippen LogP) is 5.54. The Hall–Kier alpha value is -2.56. The highest BCUT2D eigenvalue weighted by molar-refractivity contribution is 7.97. The van der Waals surface area contributed by atoms with Crippen molar-refractivity contribution >= 4 is 35.5 Å². The molecule has 0 unspecified atom stereocenters. The molecule has 0 aliphatic rings. The summed E-state index contributed by atoms with van der Waals surface area (Å²) in [6, 6.07) is 25.2. The number of carbonyl (C=O) groups is 1. The van der Waals surface area contributed by atoms with Gasteiger partial charge in [-0.2, -0.15) is 16.9 Å². The molecule has 3 rings (SSSR count). The lowest BCUT2D eigenvalue weighted by Crippen LogP contribution is -2.17. The number of amides is 1. The van der Waals surface area contributed by atoms with E-state index in [0.29, 0.717) is 10.6 Å². The number of hydrogen-bond donors (Lipinski definition) is 1. The van der Waals surface area contributed by atoms with Crippen molar-refractivity contribution in [3.05, 3.63) is 106 Å². The summed E-state index contributed by atoms with van der Waals surface area (Å²) in [5.74, 6) is 1.65. The van der Waals surface area contributed by atoms with Crippen LogP contribution < -0.4 is 5.43 Å². The zero-order chi connectivity index (χ0) is 18.9. The minimum atomic E-state index is -0.233. The number of thioether (sulfide) groups is 1. The molecule has 0 saturated heterocycles. The first-order valence-corrected chi connectivity index (χ1v) is 10.0. The number of carbonyl (C=O) groups excluding carboxylic acids is 1. The molecule has 136 valence electrons. The van der Waals surface area contributed by atoms with E-state index in [0.717, 1.165) is 17.1 Å². The number of hydrogen-bond acceptors (Lipinski definition) is 3. The Morgan fingerprint density at radius 3 is 2.19 bits per heavy atom. The molecule has 0 saturated carbocycles. The lowest BCUT2D eigenvalue weighted by atomic mass is 10.1. The van der Waals surface area contributed by atoms with Crippen LogP contribution in [0.1, 0.15) is 27.0 Å². The van der Waals surface area contributed by atoms with Crippen LogP contribution in [0.2, 0.25) is 5.02 Å². The monoisotopic (exact) mass is 394 g/mol. The fourth-order valence-electron chi connectivity index (χ4n) is 2.39. The van der Waals surface area contributed by atoms with Gasteiger partial charge in [0.25, 0.3) is 5.91 Å². The molecule has 0 bridgehead atoms. The van der Waals surface area contributed by atoms with Crippen LogP contribution in [0, 0.1) is 0 Å². The molecular weight excluding hydrogens is 376 g/mol. The third-order valence-corrected chi connectivity index (χ3v) is 5.17. The fourth-order valence-corrected chi connectivity index (χ4v) is 3.48. The van der Waals surface area contributed by atoms with Gasteiger partial charge in [0.2, 0.25) is 0 Å². The van der Waals surface area contributed by atoms with Crippen LogP contribution in [0.5, 0.6) is 0 Å². The van der Waals surface area contributed by atoms with Crippen molar-refractivity contribution in [2.24, 2.45) is 5.10 Å². The molecule has 3 aromatic carbocycles. The first-order valence-electron chi connectivity index (χ1n) is 8.50. The maximum atomic E-state index is 12.1. The Labute approximate surface area is 168 Å². The lowest BCUT2D eigenvalue weighted by Gasteiger charge is -2.04. The van der Waals surface area contributed by atoms with Gasteiger partial charge >= 0.3 is 0 Å². The van der Waals surface area contributed by atoms with E-state index in [9.17, 15) is 4.79 Å². The van der Waals surface area contributed by atoms with Gasteiger partial charge in [0.1, 0.15) is 0 Å². The Balaban J connectivity index is 1.47. The van der Waals surface area contributed by atoms with Crippen LogP contribution in [-0.2, 0) is 11.5 Å². The molecule has 0 radical (unpaired) electrons. The van der Waals surface area contributed by atoms with Gasteiger partial charge in [0.15, 0.2) is 0 Å². The average Bonchev–Trinajstić information content (AvgIpc) is 2.71. The molecule has 0 spiro atoms. The molecule has 27 heavy (non-hydrogen) atoms. The number of hydrazone groups is 1. The Bertz CT molecular complexity index is 894. The lowest BCUT2D eigenvalue weighted by molar-refractivity contribution is 0.0955. The van der Waals surface area contributed by atoms with Crippen LogP contribution in [-0.4, -0.2) is 12.1 Å². The summed E-state index contributed by atoms with van der Waals surface area (Å²) in [5.41, 5.74) is 6.50. The van der Waals surface area contributed by atoms with E-state index in [1.165, 1.54) is 11.1 Å². The Kier molecular flexibility index (Phi) is 7.08. The summed E-state index contributed by atoms with van der Waals surface area (Å²) in [6.07, 6.45) is 1.59. The normalized spacial score (nSPS) is 10.9. The zero-order valence-electron chi connectivity index (χ0n) is 14.6. The molecule has 1 amide bonds. The van der Waals surface area contributed by atoms with Crippen molar-refractivity contribution in [2.75, 3.05) is 0 Å². The molecule has 3 nitrogen and oxygen atoms in total. The summed E-state index contributed by atoms with van der Waals surface area (Å²) < 4.78 is 0. The van der Waals surface area contributed by atoms with Crippen molar-refractivity contribution < 1.29 is 4.79 Å². The van der Waals surface area contributed by atoms with E-state index < -0.39 is 0 Å². The van der Waals surface area contributed by atoms with Gasteiger partial charge < -0.3 is 0 Å². The first-order chi connectivity index (χ1) is 13.2. The van der Waals surface area contributed by atoms with E-state index in [1.807, 2.05) is 54.2 Å².